The smallest absolute Gasteiger partial charge is 0.243 e. The van der Waals surface area contributed by atoms with Crippen molar-refractivity contribution >= 4 is 16.0 Å². The standard InChI is InChI=1S/C18H27N7O2S/c1-3-19-18(21-13-17-22-14-23-24(17)2)20-12-15-6-8-16(9-7-15)28(26,27)25-10-4-5-11-25/h6-9,14H,3-5,10-13H2,1-2H3,(H2,19,20,21). The molecule has 0 atom stereocenters. The van der Waals surface area contributed by atoms with Gasteiger partial charge in [-0.25, -0.2) is 18.4 Å². The zero-order valence-corrected chi connectivity index (χ0v) is 17.1. The lowest BCUT2D eigenvalue weighted by Crippen LogP contribution is -2.37. The number of hydrogen-bond donors (Lipinski definition) is 2. The second kappa shape index (κ2) is 9.16. The van der Waals surface area contributed by atoms with Crippen molar-refractivity contribution in [2.45, 2.75) is 37.8 Å². The molecule has 1 aliphatic rings. The summed E-state index contributed by atoms with van der Waals surface area (Å²) in [5.74, 6) is 1.47. The van der Waals surface area contributed by atoms with Crippen LogP contribution in [0.4, 0.5) is 0 Å². The number of rotatable bonds is 7. The van der Waals surface area contributed by atoms with E-state index in [9.17, 15) is 8.42 Å². The largest absolute Gasteiger partial charge is 0.357 e. The Morgan fingerprint density at radius 2 is 1.89 bits per heavy atom. The number of aromatic nitrogens is 3. The van der Waals surface area contributed by atoms with E-state index in [1.165, 1.54) is 6.33 Å². The van der Waals surface area contributed by atoms with Crippen LogP contribution in [0.5, 0.6) is 0 Å². The van der Waals surface area contributed by atoms with Gasteiger partial charge in [-0.3, -0.25) is 4.68 Å². The summed E-state index contributed by atoms with van der Waals surface area (Å²) in [7, 11) is -1.54. The van der Waals surface area contributed by atoms with E-state index in [0.717, 1.165) is 30.8 Å². The molecule has 3 rings (SSSR count). The fourth-order valence-electron chi connectivity index (χ4n) is 3.00. The van der Waals surface area contributed by atoms with Gasteiger partial charge in [-0.15, -0.1) is 0 Å². The fraction of sp³-hybridized carbons (Fsp3) is 0.500. The highest BCUT2D eigenvalue weighted by Gasteiger charge is 2.26. The van der Waals surface area contributed by atoms with E-state index in [4.69, 9.17) is 0 Å². The highest BCUT2D eigenvalue weighted by atomic mass is 32.2. The Balaban J connectivity index is 1.63. The van der Waals surface area contributed by atoms with Gasteiger partial charge < -0.3 is 10.6 Å². The molecule has 152 valence electrons. The molecule has 9 nitrogen and oxygen atoms in total. The fourth-order valence-corrected chi connectivity index (χ4v) is 4.52. The zero-order valence-electron chi connectivity index (χ0n) is 16.3. The quantitative estimate of drug-likeness (QED) is 0.523. The first-order valence-corrected chi connectivity index (χ1v) is 10.9. The van der Waals surface area contributed by atoms with Crippen molar-refractivity contribution < 1.29 is 8.42 Å². The van der Waals surface area contributed by atoms with Crippen LogP contribution in [0, 0.1) is 0 Å². The minimum Gasteiger partial charge on any atom is -0.357 e. The summed E-state index contributed by atoms with van der Waals surface area (Å²) in [6.07, 6.45) is 3.37. The van der Waals surface area contributed by atoms with Crippen LogP contribution in [0.1, 0.15) is 31.2 Å². The molecule has 1 fully saturated rings. The molecule has 1 aromatic heterocycles. The van der Waals surface area contributed by atoms with Crippen LogP contribution in [-0.2, 0) is 30.2 Å². The number of benzene rings is 1. The van der Waals surface area contributed by atoms with E-state index in [1.54, 1.807) is 21.1 Å². The van der Waals surface area contributed by atoms with Crippen LogP contribution in [0.3, 0.4) is 0 Å². The third-order valence-electron chi connectivity index (χ3n) is 4.61. The lowest BCUT2D eigenvalue weighted by Gasteiger charge is -2.15. The van der Waals surface area contributed by atoms with Crippen LogP contribution < -0.4 is 10.6 Å². The lowest BCUT2D eigenvalue weighted by atomic mass is 10.2. The van der Waals surface area contributed by atoms with Gasteiger partial charge in [-0.05, 0) is 37.5 Å². The van der Waals surface area contributed by atoms with E-state index in [2.05, 4.69) is 25.7 Å². The maximum atomic E-state index is 12.6. The molecule has 1 aromatic carbocycles. The van der Waals surface area contributed by atoms with E-state index >= 15 is 0 Å². The molecular formula is C18H27N7O2S. The Hall–Kier alpha value is -2.46. The van der Waals surface area contributed by atoms with Gasteiger partial charge in [-0.2, -0.15) is 9.40 Å². The Bertz CT molecular complexity index is 900. The topological polar surface area (TPSA) is 105 Å². The molecule has 28 heavy (non-hydrogen) atoms. The Kier molecular flexibility index (Phi) is 6.63. The monoisotopic (exact) mass is 405 g/mol. The summed E-state index contributed by atoms with van der Waals surface area (Å²) in [5, 5.41) is 10.4. The minimum atomic E-state index is -3.38. The van der Waals surface area contributed by atoms with Crippen LogP contribution in [0.25, 0.3) is 0 Å². The molecule has 2 aromatic rings. The number of aryl methyl sites for hydroxylation is 1. The Labute approximate surface area is 165 Å². The predicted molar refractivity (Wildman–Crippen MR) is 107 cm³/mol. The molecule has 0 amide bonds. The summed E-state index contributed by atoms with van der Waals surface area (Å²) in [4.78, 5) is 9.08. The first kappa shape index (κ1) is 20.3. The van der Waals surface area contributed by atoms with Gasteiger partial charge in [0.05, 0.1) is 18.0 Å². The second-order valence-corrected chi connectivity index (χ2v) is 8.54. The first-order valence-electron chi connectivity index (χ1n) is 9.45. The average molecular weight is 406 g/mol. The first-order chi connectivity index (χ1) is 13.5. The maximum Gasteiger partial charge on any atom is 0.243 e. The van der Waals surface area contributed by atoms with Gasteiger partial charge in [-0.1, -0.05) is 12.1 Å². The number of hydrogen-bond acceptors (Lipinski definition) is 5. The van der Waals surface area contributed by atoms with Crippen LogP contribution >= 0.6 is 0 Å². The summed E-state index contributed by atoms with van der Waals surface area (Å²) in [5.41, 5.74) is 0.941. The summed E-state index contributed by atoms with van der Waals surface area (Å²) < 4.78 is 28.4. The van der Waals surface area contributed by atoms with Crippen molar-refractivity contribution in [3.8, 4) is 0 Å². The number of aliphatic imine (C=N–C) groups is 1. The number of nitrogens with zero attached hydrogens (tertiary/aromatic N) is 5. The molecule has 10 heteroatoms. The molecule has 1 saturated heterocycles. The summed E-state index contributed by atoms with van der Waals surface area (Å²) in [6, 6.07) is 6.97. The van der Waals surface area contributed by atoms with Crippen LogP contribution in [0.2, 0.25) is 0 Å². The van der Waals surface area contributed by atoms with Gasteiger partial charge in [0.25, 0.3) is 0 Å². The number of sulfonamides is 1. The average Bonchev–Trinajstić information content (AvgIpc) is 3.37. The number of guanidine groups is 1. The zero-order chi connectivity index (χ0) is 20.0. The van der Waals surface area contributed by atoms with Gasteiger partial charge in [0.1, 0.15) is 12.2 Å². The normalized spacial score (nSPS) is 15.7. The highest BCUT2D eigenvalue weighted by Crippen LogP contribution is 2.21. The molecule has 2 heterocycles. The van der Waals surface area contributed by atoms with E-state index < -0.39 is 10.0 Å². The predicted octanol–water partition coefficient (Wildman–Crippen LogP) is 0.855. The van der Waals surface area contributed by atoms with Gasteiger partial charge >= 0.3 is 0 Å². The molecule has 0 unspecified atom stereocenters. The molecule has 1 aliphatic heterocycles. The molecule has 0 spiro atoms. The van der Waals surface area contributed by atoms with E-state index in [0.29, 0.717) is 37.0 Å². The van der Waals surface area contributed by atoms with E-state index in [-0.39, 0.29) is 0 Å². The molecular weight excluding hydrogens is 378 g/mol. The van der Waals surface area contributed by atoms with Crippen LogP contribution in [0.15, 0.2) is 40.5 Å². The third kappa shape index (κ3) is 4.87. The van der Waals surface area contributed by atoms with Crippen molar-refractivity contribution in [2.24, 2.45) is 12.0 Å². The number of nitrogens with one attached hydrogen (secondary N) is 2. The van der Waals surface area contributed by atoms with Crippen molar-refractivity contribution in [1.29, 1.82) is 0 Å². The molecule has 2 N–H and O–H groups in total. The molecule has 0 aliphatic carbocycles. The lowest BCUT2D eigenvalue weighted by molar-refractivity contribution is 0.477. The van der Waals surface area contributed by atoms with Gasteiger partial charge in [0.2, 0.25) is 10.0 Å². The maximum absolute atomic E-state index is 12.6. The van der Waals surface area contributed by atoms with Gasteiger partial charge in [0.15, 0.2) is 5.96 Å². The summed E-state index contributed by atoms with van der Waals surface area (Å²) >= 11 is 0. The highest BCUT2D eigenvalue weighted by molar-refractivity contribution is 7.89. The SMILES string of the molecule is CCNC(=NCc1ccc(S(=O)(=O)N2CCCC2)cc1)NCc1ncnn1C. The molecule has 0 radical (unpaired) electrons. The molecule has 0 saturated carbocycles. The van der Waals surface area contributed by atoms with Crippen molar-refractivity contribution in [3.05, 3.63) is 42.0 Å². The van der Waals surface area contributed by atoms with Crippen molar-refractivity contribution in [3.63, 3.8) is 0 Å². The third-order valence-corrected chi connectivity index (χ3v) is 6.52. The van der Waals surface area contributed by atoms with Gasteiger partial charge in [0, 0.05) is 26.7 Å². The second-order valence-electron chi connectivity index (χ2n) is 6.60. The van der Waals surface area contributed by atoms with Crippen molar-refractivity contribution in [1.82, 2.24) is 29.7 Å². The Morgan fingerprint density at radius 1 is 1.18 bits per heavy atom. The van der Waals surface area contributed by atoms with E-state index in [1.807, 2.05) is 26.1 Å². The minimum absolute atomic E-state index is 0.342. The summed E-state index contributed by atoms with van der Waals surface area (Å²) in [6.45, 7) is 4.90. The van der Waals surface area contributed by atoms with Crippen LogP contribution in [-0.4, -0.2) is 53.1 Å². The Morgan fingerprint density at radius 3 is 2.50 bits per heavy atom. The molecule has 0 bridgehead atoms. The van der Waals surface area contributed by atoms with Crippen molar-refractivity contribution in [2.75, 3.05) is 19.6 Å².